The number of hydrogen-bond donors (Lipinski definition) is 2. The summed E-state index contributed by atoms with van der Waals surface area (Å²) in [6.45, 7) is 4.40. The Morgan fingerprint density at radius 2 is 2.30 bits per heavy atom. The maximum absolute atomic E-state index is 12.3. The smallest absolute Gasteiger partial charge is 0.263 e. The van der Waals surface area contributed by atoms with Crippen molar-refractivity contribution in [1.82, 2.24) is 15.1 Å². The van der Waals surface area contributed by atoms with Crippen LogP contribution in [0.5, 0.6) is 0 Å². The lowest BCUT2D eigenvalue weighted by Gasteiger charge is -2.15. The summed E-state index contributed by atoms with van der Waals surface area (Å²) >= 11 is 1.37. The number of methoxy groups -OCH3 is 1. The van der Waals surface area contributed by atoms with Gasteiger partial charge in [0.05, 0.1) is 29.4 Å². The maximum Gasteiger partial charge on any atom is 0.263 e. The van der Waals surface area contributed by atoms with E-state index in [2.05, 4.69) is 10.4 Å². The van der Waals surface area contributed by atoms with Gasteiger partial charge in [-0.05, 0) is 13.3 Å². The van der Waals surface area contributed by atoms with Crippen molar-refractivity contribution in [2.24, 2.45) is 7.05 Å². The molecule has 1 unspecified atom stereocenters. The summed E-state index contributed by atoms with van der Waals surface area (Å²) in [5.74, 6) is -0.146. The Kier molecular flexibility index (Phi) is 4.29. The summed E-state index contributed by atoms with van der Waals surface area (Å²) in [6, 6.07) is -0.00339. The van der Waals surface area contributed by atoms with Gasteiger partial charge in [0.2, 0.25) is 0 Å². The molecular formula is C13H20N4O2S. The number of thiophene rings is 1. The molecule has 2 aromatic rings. The molecule has 0 saturated carbocycles. The summed E-state index contributed by atoms with van der Waals surface area (Å²) in [5.41, 5.74) is 7.47. The summed E-state index contributed by atoms with van der Waals surface area (Å²) in [6.07, 6.45) is 0.810. The van der Waals surface area contributed by atoms with E-state index in [0.717, 1.165) is 22.3 Å². The summed E-state index contributed by atoms with van der Waals surface area (Å²) in [4.78, 5) is 13.8. The molecular weight excluding hydrogens is 276 g/mol. The van der Waals surface area contributed by atoms with Gasteiger partial charge in [-0.1, -0.05) is 6.92 Å². The molecule has 0 aromatic carbocycles. The second-order valence-corrected chi connectivity index (χ2v) is 5.77. The van der Waals surface area contributed by atoms with Gasteiger partial charge >= 0.3 is 0 Å². The van der Waals surface area contributed by atoms with E-state index < -0.39 is 0 Å². The molecule has 3 N–H and O–H groups in total. The van der Waals surface area contributed by atoms with Crippen molar-refractivity contribution in [3.63, 3.8) is 0 Å². The first kappa shape index (κ1) is 14.8. The summed E-state index contributed by atoms with van der Waals surface area (Å²) < 4.78 is 6.85. The van der Waals surface area contributed by atoms with E-state index in [1.165, 1.54) is 11.3 Å². The van der Waals surface area contributed by atoms with Crippen LogP contribution in [0.2, 0.25) is 0 Å². The number of nitrogens with one attached hydrogen (secondary N) is 1. The van der Waals surface area contributed by atoms with E-state index in [1.807, 2.05) is 20.9 Å². The number of fused-ring (bicyclic) bond motifs is 1. The zero-order valence-electron chi connectivity index (χ0n) is 12.2. The van der Waals surface area contributed by atoms with Crippen LogP contribution in [0.4, 0.5) is 5.69 Å². The fourth-order valence-electron chi connectivity index (χ4n) is 2.21. The maximum atomic E-state index is 12.3. The highest BCUT2D eigenvalue weighted by Crippen LogP contribution is 2.35. The highest BCUT2D eigenvalue weighted by molar-refractivity contribution is 7.21. The zero-order chi connectivity index (χ0) is 14.9. The average molecular weight is 296 g/mol. The van der Waals surface area contributed by atoms with Crippen LogP contribution in [-0.4, -0.2) is 35.4 Å². The first-order valence-corrected chi connectivity index (χ1v) is 7.32. The predicted octanol–water partition coefficient (Wildman–Crippen LogP) is 1.68. The van der Waals surface area contributed by atoms with Crippen LogP contribution in [-0.2, 0) is 11.8 Å². The highest BCUT2D eigenvalue weighted by atomic mass is 32.1. The Labute approximate surface area is 121 Å². The third kappa shape index (κ3) is 2.51. The molecule has 0 aliphatic carbocycles. The molecule has 0 aliphatic heterocycles. The summed E-state index contributed by atoms with van der Waals surface area (Å²) in [7, 11) is 3.48. The average Bonchev–Trinajstić information content (AvgIpc) is 2.88. The second-order valence-electron chi connectivity index (χ2n) is 4.77. The quantitative estimate of drug-likeness (QED) is 0.879. The molecule has 1 atom stereocenters. The van der Waals surface area contributed by atoms with Crippen molar-refractivity contribution in [3.8, 4) is 0 Å². The lowest BCUT2D eigenvalue weighted by molar-refractivity contribution is 0.0899. The van der Waals surface area contributed by atoms with Gasteiger partial charge in [-0.2, -0.15) is 5.10 Å². The Morgan fingerprint density at radius 1 is 1.60 bits per heavy atom. The van der Waals surface area contributed by atoms with Crippen LogP contribution in [0.15, 0.2) is 0 Å². The normalized spacial score (nSPS) is 12.8. The van der Waals surface area contributed by atoms with Gasteiger partial charge in [0, 0.05) is 14.2 Å². The molecule has 2 heterocycles. The molecule has 110 valence electrons. The number of carbonyl (C=O) groups excluding carboxylic acids is 1. The van der Waals surface area contributed by atoms with Crippen LogP contribution >= 0.6 is 11.3 Å². The van der Waals surface area contributed by atoms with Crippen LogP contribution in [0.3, 0.4) is 0 Å². The molecule has 0 bridgehead atoms. The molecule has 20 heavy (non-hydrogen) atoms. The fraction of sp³-hybridized carbons (Fsp3) is 0.538. The number of aryl methyl sites for hydroxylation is 2. The number of nitrogen functional groups attached to an aromatic ring is 1. The number of ether oxygens (including phenoxy) is 1. The third-order valence-corrected chi connectivity index (χ3v) is 4.56. The number of carbonyl (C=O) groups is 1. The van der Waals surface area contributed by atoms with Gasteiger partial charge in [-0.15, -0.1) is 11.3 Å². The first-order chi connectivity index (χ1) is 9.49. The van der Waals surface area contributed by atoms with E-state index in [-0.39, 0.29) is 11.9 Å². The van der Waals surface area contributed by atoms with Crippen molar-refractivity contribution in [2.45, 2.75) is 26.3 Å². The number of nitrogens with two attached hydrogens (primary N) is 1. The minimum absolute atomic E-state index is 0.00339. The van der Waals surface area contributed by atoms with Gasteiger partial charge in [0.1, 0.15) is 9.71 Å². The van der Waals surface area contributed by atoms with Gasteiger partial charge in [0.25, 0.3) is 5.91 Å². The number of rotatable bonds is 5. The molecule has 0 aliphatic rings. The predicted molar refractivity (Wildman–Crippen MR) is 81.2 cm³/mol. The monoisotopic (exact) mass is 296 g/mol. The van der Waals surface area contributed by atoms with Gasteiger partial charge in [-0.25, -0.2) is 0 Å². The van der Waals surface area contributed by atoms with Crippen molar-refractivity contribution >= 4 is 33.1 Å². The van der Waals surface area contributed by atoms with Gasteiger partial charge < -0.3 is 15.8 Å². The van der Waals surface area contributed by atoms with Crippen LogP contribution in [0.1, 0.15) is 28.7 Å². The highest BCUT2D eigenvalue weighted by Gasteiger charge is 2.22. The first-order valence-electron chi connectivity index (χ1n) is 6.50. The number of anilines is 1. The third-order valence-electron chi connectivity index (χ3n) is 3.28. The largest absolute Gasteiger partial charge is 0.397 e. The number of amides is 1. The molecule has 2 aromatic heterocycles. The minimum atomic E-state index is -0.146. The fourth-order valence-corrected chi connectivity index (χ4v) is 3.30. The van der Waals surface area contributed by atoms with Crippen molar-refractivity contribution in [1.29, 1.82) is 0 Å². The van der Waals surface area contributed by atoms with E-state index in [4.69, 9.17) is 10.5 Å². The molecule has 0 radical (unpaired) electrons. The molecule has 7 heteroatoms. The van der Waals surface area contributed by atoms with Crippen molar-refractivity contribution in [2.75, 3.05) is 19.5 Å². The van der Waals surface area contributed by atoms with Crippen molar-refractivity contribution in [3.05, 3.63) is 10.6 Å². The molecule has 1 amide bonds. The van der Waals surface area contributed by atoms with E-state index in [1.54, 1.807) is 11.8 Å². The van der Waals surface area contributed by atoms with Crippen LogP contribution < -0.4 is 11.1 Å². The molecule has 0 saturated heterocycles. The van der Waals surface area contributed by atoms with E-state index >= 15 is 0 Å². The lowest BCUT2D eigenvalue weighted by Crippen LogP contribution is -2.37. The molecule has 6 nitrogen and oxygen atoms in total. The molecule has 2 rings (SSSR count). The molecule has 0 fully saturated rings. The SMILES string of the molecule is CCC(COC)NC(=O)c1sc2c(c(C)nn2C)c1N. The Hall–Kier alpha value is -1.60. The van der Waals surface area contributed by atoms with Gasteiger partial charge in [-0.3, -0.25) is 9.48 Å². The number of aromatic nitrogens is 2. The van der Waals surface area contributed by atoms with Gasteiger partial charge in [0.15, 0.2) is 0 Å². The standard InChI is InChI=1S/C13H20N4O2S/c1-5-8(6-19-4)15-12(18)11-10(14)9-7(2)16-17(3)13(9)20-11/h8H,5-6,14H2,1-4H3,(H,15,18). The van der Waals surface area contributed by atoms with E-state index in [9.17, 15) is 4.79 Å². The minimum Gasteiger partial charge on any atom is -0.397 e. The Morgan fingerprint density at radius 3 is 2.85 bits per heavy atom. The van der Waals surface area contributed by atoms with Crippen LogP contribution in [0.25, 0.3) is 10.2 Å². The summed E-state index contributed by atoms with van der Waals surface area (Å²) in [5, 5.41) is 8.14. The van der Waals surface area contributed by atoms with Crippen molar-refractivity contribution < 1.29 is 9.53 Å². The topological polar surface area (TPSA) is 82.2 Å². The zero-order valence-corrected chi connectivity index (χ0v) is 13.0. The molecule has 0 spiro atoms. The van der Waals surface area contributed by atoms with Crippen LogP contribution in [0, 0.1) is 6.92 Å². The Balaban J connectivity index is 2.31. The van der Waals surface area contributed by atoms with E-state index in [0.29, 0.717) is 17.2 Å². The lowest BCUT2D eigenvalue weighted by atomic mass is 10.2. The second kappa shape index (κ2) is 5.80. The Bertz CT molecular complexity index is 632. The number of nitrogens with zero attached hydrogens (tertiary/aromatic N) is 2. The number of hydrogen-bond acceptors (Lipinski definition) is 5.